The molecule has 0 bridgehead atoms. The van der Waals surface area contributed by atoms with Crippen LogP contribution in [0.15, 0.2) is 48.5 Å². The molecule has 0 saturated heterocycles. The van der Waals surface area contributed by atoms with Gasteiger partial charge in [0.15, 0.2) is 0 Å². The summed E-state index contributed by atoms with van der Waals surface area (Å²) in [6.45, 7) is 5.13. The number of ether oxygens (including phenoxy) is 1. The van der Waals surface area contributed by atoms with Crippen molar-refractivity contribution in [1.29, 1.82) is 0 Å². The van der Waals surface area contributed by atoms with Gasteiger partial charge in [0.05, 0.1) is 11.6 Å². The smallest absolute Gasteiger partial charge is 0.223 e. The number of hydrogen-bond acceptors (Lipinski definition) is 2. The molecule has 5 heteroatoms. The van der Waals surface area contributed by atoms with E-state index in [1.807, 2.05) is 49.1 Å². The topological polar surface area (TPSA) is 29.5 Å². The Morgan fingerprint density at radius 3 is 2.48 bits per heavy atom. The van der Waals surface area contributed by atoms with Crippen molar-refractivity contribution in [2.24, 2.45) is 0 Å². The van der Waals surface area contributed by atoms with Crippen LogP contribution in [0.3, 0.4) is 0 Å². The summed E-state index contributed by atoms with van der Waals surface area (Å²) < 4.78 is 5.64. The van der Waals surface area contributed by atoms with E-state index in [-0.39, 0.29) is 11.9 Å². The molecule has 3 nitrogen and oxygen atoms in total. The van der Waals surface area contributed by atoms with Crippen LogP contribution >= 0.6 is 23.2 Å². The van der Waals surface area contributed by atoms with Crippen molar-refractivity contribution in [1.82, 2.24) is 4.90 Å². The summed E-state index contributed by atoms with van der Waals surface area (Å²) in [5.74, 6) is 0.716. The van der Waals surface area contributed by atoms with Gasteiger partial charge < -0.3 is 9.64 Å². The predicted octanol–water partition coefficient (Wildman–Crippen LogP) is 5.59. The molecule has 134 valence electrons. The van der Waals surface area contributed by atoms with Crippen LogP contribution in [-0.4, -0.2) is 23.5 Å². The zero-order valence-electron chi connectivity index (χ0n) is 14.5. The largest absolute Gasteiger partial charge is 0.492 e. The van der Waals surface area contributed by atoms with Crippen molar-refractivity contribution in [2.75, 3.05) is 6.61 Å². The predicted molar refractivity (Wildman–Crippen MR) is 103 cm³/mol. The van der Waals surface area contributed by atoms with E-state index in [4.69, 9.17) is 27.9 Å². The molecule has 0 aliphatic rings. The van der Waals surface area contributed by atoms with E-state index in [1.54, 1.807) is 18.2 Å². The van der Waals surface area contributed by atoms with E-state index in [0.29, 0.717) is 41.8 Å². The highest BCUT2D eigenvalue weighted by Gasteiger charge is 2.17. The minimum Gasteiger partial charge on any atom is -0.492 e. The molecule has 25 heavy (non-hydrogen) atoms. The number of carbonyl (C=O) groups excluding carboxylic acids is 1. The second kappa shape index (κ2) is 9.69. The molecule has 0 spiro atoms. The van der Waals surface area contributed by atoms with Gasteiger partial charge in [0.25, 0.3) is 0 Å². The summed E-state index contributed by atoms with van der Waals surface area (Å²) in [5, 5.41) is 1.05. The molecular weight excluding hydrogens is 357 g/mol. The lowest BCUT2D eigenvalue weighted by atomic mass is 10.1. The third-order valence-electron chi connectivity index (χ3n) is 3.83. The second-order valence-corrected chi connectivity index (χ2v) is 6.97. The minimum atomic E-state index is 0.129. The van der Waals surface area contributed by atoms with Gasteiger partial charge in [-0.05, 0) is 44.0 Å². The van der Waals surface area contributed by atoms with Crippen molar-refractivity contribution < 1.29 is 9.53 Å². The maximum Gasteiger partial charge on any atom is 0.223 e. The number of rotatable bonds is 8. The first-order valence-corrected chi connectivity index (χ1v) is 9.14. The van der Waals surface area contributed by atoms with Crippen molar-refractivity contribution in [3.63, 3.8) is 0 Å². The minimum absolute atomic E-state index is 0.129. The molecule has 0 aliphatic heterocycles. The summed E-state index contributed by atoms with van der Waals surface area (Å²) in [4.78, 5) is 14.4. The molecular formula is C20H23Cl2NO2. The van der Waals surface area contributed by atoms with Crippen LogP contribution in [0, 0.1) is 0 Å². The molecule has 0 fully saturated rings. The summed E-state index contributed by atoms with van der Waals surface area (Å²) in [6, 6.07) is 15.3. The molecule has 0 aliphatic carbocycles. The lowest BCUT2D eigenvalue weighted by molar-refractivity contribution is -0.133. The molecule has 0 heterocycles. The highest BCUT2D eigenvalue weighted by Crippen LogP contribution is 2.27. The van der Waals surface area contributed by atoms with Crippen LogP contribution < -0.4 is 4.74 Å². The van der Waals surface area contributed by atoms with Gasteiger partial charge in [-0.1, -0.05) is 53.5 Å². The fourth-order valence-corrected chi connectivity index (χ4v) is 2.94. The fourth-order valence-electron chi connectivity index (χ4n) is 2.48. The maximum atomic E-state index is 12.5. The fraction of sp³-hybridized carbons (Fsp3) is 0.350. The van der Waals surface area contributed by atoms with Gasteiger partial charge in [-0.15, -0.1) is 0 Å². The monoisotopic (exact) mass is 379 g/mol. The van der Waals surface area contributed by atoms with Crippen molar-refractivity contribution in [3.05, 3.63) is 64.1 Å². The lowest BCUT2D eigenvalue weighted by Gasteiger charge is -2.27. The molecule has 0 unspecified atom stereocenters. The van der Waals surface area contributed by atoms with Gasteiger partial charge in [-0.25, -0.2) is 0 Å². The van der Waals surface area contributed by atoms with Crippen LogP contribution in [0.1, 0.15) is 32.3 Å². The molecule has 2 aromatic rings. The van der Waals surface area contributed by atoms with Crippen LogP contribution in [0.25, 0.3) is 0 Å². The van der Waals surface area contributed by atoms with E-state index in [1.165, 1.54) is 0 Å². The molecule has 0 N–H and O–H groups in total. The Hall–Kier alpha value is -1.71. The Morgan fingerprint density at radius 2 is 1.84 bits per heavy atom. The van der Waals surface area contributed by atoms with Gasteiger partial charge in [0, 0.05) is 24.0 Å². The lowest BCUT2D eigenvalue weighted by Crippen LogP contribution is -2.36. The number of amides is 1. The third-order valence-corrected chi connectivity index (χ3v) is 4.36. The Kier molecular flexibility index (Phi) is 7.60. The first-order valence-electron chi connectivity index (χ1n) is 8.38. The number of carbonyl (C=O) groups is 1. The standard InChI is InChI=1S/C20H23Cl2NO2/c1-15(2)23(14-16-7-4-3-5-8-16)20(24)9-6-12-25-19-11-10-17(21)13-18(19)22/h3-5,7-8,10-11,13,15H,6,9,12,14H2,1-2H3. The van der Waals surface area contributed by atoms with E-state index in [2.05, 4.69) is 0 Å². The quantitative estimate of drug-likeness (QED) is 0.559. The summed E-state index contributed by atoms with van der Waals surface area (Å²) in [5.41, 5.74) is 1.13. The van der Waals surface area contributed by atoms with Gasteiger partial charge >= 0.3 is 0 Å². The number of halogens is 2. The number of benzene rings is 2. The van der Waals surface area contributed by atoms with Crippen molar-refractivity contribution >= 4 is 29.1 Å². The highest BCUT2D eigenvalue weighted by atomic mass is 35.5. The first kappa shape index (κ1) is 19.6. The number of nitrogens with zero attached hydrogens (tertiary/aromatic N) is 1. The first-order chi connectivity index (χ1) is 12.0. The molecule has 0 radical (unpaired) electrons. The molecule has 2 rings (SSSR count). The van der Waals surface area contributed by atoms with Crippen LogP contribution in [0.2, 0.25) is 10.0 Å². The maximum absolute atomic E-state index is 12.5. The van der Waals surface area contributed by atoms with E-state index in [9.17, 15) is 4.79 Å². The third kappa shape index (κ3) is 6.26. The molecule has 1 amide bonds. The molecule has 0 aromatic heterocycles. The van der Waals surface area contributed by atoms with Gasteiger partial charge in [-0.2, -0.15) is 0 Å². The van der Waals surface area contributed by atoms with Crippen molar-refractivity contribution in [2.45, 2.75) is 39.3 Å². The van der Waals surface area contributed by atoms with Crippen LogP contribution in [0.5, 0.6) is 5.75 Å². The second-order valence-electron chi connectivity index (χ2n) is 6.13. The highest BCUT2D eigenvalue weighted by molar-refractivity contribution is 6.35. The Labute approximate surface area is 159 Å². The summed E-state index contributed by atoms with van der Waals surface area (Å²) in [6.07, 6.45) is 1.08. The average molecular weight is 380 g/mol. The zero-order chi connectivity index (χ0) is 18.2. The van der Waals surface area contributed by atoms with Crippen molar-refractivity contribution in [3.8, 4) is 5.75 Å². The average Bonchev–Trinajstić information content (AvgIpc) is 2.58. The molecule has 0 saturated carbocycles. The van der Waals surface area contributed by atoms with Crippen LogP contribution in [-0.2, 0) is 11.3 Å². The molecule has 0 atom stereocenters. The number of hydrogen-bond donors (Lipinski definition) is 0. The van der Waals surface area contributed by atoms with Gasteiger partial charge in [0.2, 0.25) is 5.91 Å². The summed E-state index contributed by atoms with van der Waals surface area (Å²) in [7, 11) is 0. The van der Waals surface area contributed by atoms with E-state index in [0.717, 1.165) is 5.56 Å². The van der Waals surface area contributed by atoms with E-state index < -0.39 is 0 Å². The van der Waals surface area contributed by atoms with Gasteiger partial charge in [0.1, 0.15) is 5.75 Å². The SMILES string of the molecule is CC(C)N(Cc1ccccc1)C(=O)CCCOc1ccc(Cl)cc1Cl. The Balaban J connectivity index is 1.82. The molecule has 2 aromatic carbocycles. The Bertz CT molecular complexity index is 689. The van der Waals surface area contributed by atoms with E-state index >= 15 is 0 Å². The Morgan fingerprint density at radius 1 is 1.12 bits per heavy atom. The van der Waals surface area contributed by atoms with Gasteiger partial charge in [-0.3, -0.25) is 4.79 Å². The zero-order valence-corrected chi connectivity index (χ0v) is 16.1. The van der Waals surface area contributed by atoms with Crippen LogP contribution in [0.4, 0.5) is 0 Å². The summed E-state index contributed by atoms with van der Waals surface area (Å²) >= 11 is 11.9. The normalized spacial score (nSPS) is 10.8.